The lowest BCUT2D eigenvalue weighted by molar-refractivity contribution is 0.363. The molecule has 0 heterocycles. The zero-order valence-corrected chi connectivity index (χ0v) is 9.34. The van der Waals surface area contributed by atoms with Gasteiger partial charge >= 0.3 is 0 Å². The fourth-order valence-corrected chi connectivity index (χ4v) is 2.16. The third-order valence-electron chi connectivity index (χ3n) is 3.28. The smallest absolute Gasteiger partial charge is 0.0333 e. The van der Waals surface area contributed by atoms with Crippen molar-refractivity contribution in [3.05, 3.63) is 23.4 Å². The minimum atomic E-state index is 0.661. The van der Waals surface area contributed by atoms with Crippen molar-refractivity contribution in [2.24, 2.45) is 5.92 Å². The first-order chi connectivity index (χ1) is 6.77. The van der Waals surface area contributed by atoms with Crippen LogP contribution in [0.4, 0.5) is 0 Å². The Morgan fingerprint density at radius 2 is 1.93 bits per heavy atom. The van der Waals surface area contributed by atoms with Crippen LogP contribution in [0, 0.1) is 5.92 Å². The SMILES string of the molecule is CC(C)C1=CCCC=C1NC1CCC1. The van der Waals surface area contributed by atoms with Gasteiger partial charge in [0.15, 0.2) is 0 Å². The molecule has 0 bridgehead atoms. The molecule has 0 unspecified atom stereocenters. The Bertz CT molecular complexity index is 256. The Labute approximate surface area is 87.3 Å². The van der Waals surface area contributed by atoms with E-state index < -0.39 is 0 Å². The van der Waals surface area contributed by atoms with E-state index in [1.807, 2.05) is 0 Å². The molecule has 0 amide bonds. The number of nitrogens with one attached hydrogen (secondary N) is 1. The topological polar surface area (TPSA) is 12.0 Å². The molecule has 2 aliphatic rings. The van der Waals surface area contributed by atoms with Gasteiger partial charge in [-0.1, -0.05) is 26.0 Å². The Balaban J connectivity index is 2.00. The monoisotopic (exact) mass is 191 g/mol. The van der Waals surface area contributed by atoms with E-state index in [4.69, 9.17) is 0 Å². The van der Waals surface area contributed by atoms with Crippen LogP contribution in [-0.4, -0.2) is 6.04 Å². The van der Waals surface area contributed by atoms with Crippen molar-refractivity contribution in [2.75, 3.05) is 0 Å². The summed E-state index contributed by atoms with van der Waals surface area (Å²) in [4.78, 5) is 0. The number of hydrogen-bond donors (Lipinski definition) is 1. The molecule has 0 aliphatic heterocycles. The molecule has 2 aliphatic carbocycles. The maximum absolute atomic E-state index is 3.68. The van der Waals surface area contributed by atoms with Gasteiger partial charge in [0.2, 0.25) is 0 Å². The van der Waals surface area contributed by atoms with E-state index in [0.717, 1.165) is 6.04 Å². The van der Waals surface area contributed by atoms with E-state index >= 15 is 0 Å². The van der Waals surface area contributed by atoms with Crippen LogP contribution in [0.25, 0.3) is 0 Å². The maximum Gasteiger partial charge on any atom is 0.0333 e. The second-order valence-corrected chi connectivity index (χ2v) is 4.78. The summed E-state index contributed by atoms with van der Waals surface area (Å²) in [7, 11) is 0. The van der Waals surface area contributed by atoms with Crippen molar-refractivity contribution in [3.8, 4) is 0 Å². The predicted octanol–water partition coefficient (Wildman–Crippen LogP) is 3.39. The lowest BCUT2D eigenvalue weighted by atomic mass is 9.89. The van der Waals surface area contributed by atoms with Crippen LogP contribution in [0.15, 0.2) is 23.4 Å². The Kier molecular flexibility index (Phi) is 2.95. The summed E-state index contributed by atoms with van der Waals surface area (Å²) in [6.07, 6.45) is 11.4. The first kappa shape index (κ1) is 9.82. The molecule has 1 fully saturated rings. The third kappa shape index (κ3) is 2.02. The summed E-state index contributed by atoms with van der Waals surface area (Å²) in [5.74, 6) is 0.661. The largest absolute Gasteiger partial charge is 0.382 e. The lowest BCUT2D eigenvalue weighted by Gasteiger charge is -2.31. The van der Waals surface area contributed by atoms with Gasteiger partial charge in [0.1, 0.15) is 0 Å². The lowest BCUT2D eigenvalue weighted by Crippen LogP contribution is -2.35. The van der Waals surface area contributed by atoms with Gasteiger partial charge in [-0.15, -0.1) is 0 Å². The molecule has 0 aromatic heterocycles. The number of rotatable bonds is 3. The second kappa shape index (κ2) is 4.20. The quantitative estimate of drug-likeness (QED) is 0.721. The highest BCUT2D eigenvalue weighted by Crippen LogP contribution is 2.27. The van der Waals surface area contributed by atoms with Crippen LogP contribution in [0.3, 0.4) is 0 Å². The standard InChI is InChI=1S/C13H21N/c1-10(2)12-8-3-4-9-13(12)14-11-6-5-7-11/h8-11,14H,3-7H2,1-2H3. The number of allylic oxidation sites excluding steroid dienone is 3. The van der Waals surface area contributed by atoms with Crippen molar-refractivity contribution in [3.63, 3.8) is 0 Å². The van der Waals surface area contributed by atoms with Gasteiger partial charge in [0.25, 0.3) is 0 Å². The third-order valence-corrected chi connectivity index (χ3v) is 3.28. The van der Waals surface area contributed by atoms with Crippen LogP contribution < -0.4 is 5.32 Å². The van der Waals surface area contributed by atoms with Gasteiger partial charge in [-0.2, -0.15) is 0 Å². The van der Waals surface area contributed by atoms with E-state index in [1.165, 1.54) is 43.4 Å². The highest BCUT2D eigenvalue weighted by molar-refractivity contribution is 5.34. The van der Waals surface area contributed by atoms with Gasteiger partial charge in [-0.05, 0) is 43.6 Å². The van der Waals surface area contributed by atoms with Crippen LogP contribution in [0.5, 0.6) is 0 Å². The molecule has 0 saturated heterocycles. The molecule has 0 radical (unpaired) electrons. The molecule has 0 atom stereocenters. The van der Waals surface area contributed by atoms with E-state index in [-0.39, 0.29) is 0 Å². The first-order valence-electron chi connectivity index (χ1n) is 5.94. The molecule has 78 valence electrons. The fourth-order valence-electron chi connectivity index (χ4n) is 2.16. The van der Waals surface area contributed by atoms with E-state index in [9.17, 15) is 0 Å². The van der Waals surface area contributed by atoms with E-state index in [0.29, 0.717) is 5.92 Å². The van der Waals surface area contributed by atoms with Crippen LogP contribution in [0.2, 0.25) is 0 Å². The Morgan fingerprint density at radius 1 is 1.21 bits per heavy atom. The molecule has 1 nitrogen and oxygen atoms in total. The molecule has 14 heavy (non-hydrogen) atoms. The molecule has 0 aromatic rings. The van der Waals surface area contributed by atoms with E-state index in [1.54, 1.807) is 0 Å². The van der Waals surface area contributed by atoms with Crippen molar-refractivity contribution < 1.29 is 0 Å². The van der Waals surface area contributed by atoms with Crippen molar-refractivity contribution in [2.45, 2.75) is 52.0 Å². The molecular weight excluding hydrogens is 170 g/mol. The summed E-state index contributed by atoms with van der Waals surface area (Å²) in [6.45, 7) is 4.57. The predicted molar refractivity (Wildman–Crippen MR) is 61.0 cm³/mol. The summed E-state index contributed by atoms with van der Waals surface area (Å²) >= 11 is 0. The fraction of sp³-hybridized carbons (Fsp3) is 0.692. The van der Waals surface area contributed by atoms with Gasteiger partial charge < -0.3 is 5.32 Å². The summed E-state index contributed by atoms with van der Waals surface area (Å²) < 4.78 is 0. The zero-order valence-electron chi connectivity index (χ0n) is 9.34. The van der Waals surface area contributed by atoms with Crippen molar-refractivity contribution in [1.29, 1.82) is 0 Å². The molecule has 1 heteroatoms. The average molecular weight is 191 g/mol. The van der Waals surface area contributed by atoms with Crippen molar-refractivity contribution >= 4 is 0 Å². The van der Waals surface area contributed by atoms with Crippen LogP contribution >= 0.6 is 0 Å². The molecule has 1 saturated carbocycles. The Morgan fingerprint density at radius 3 is 2.50 bits per heavy atom. The van der Waals surface area contributed by atoms with Crippen molar-refractivity contribution in [1.82, 2.24) is 5.32 Å². The normalized spacial score (nSPS) is 22.8. The van der Waals surface area contributed by atoms with Crippen LogP contribution in [0.1, 0.15) is 46.0 Å². The van der Waals surface area contributed by atoms with Gasteiger partial charge in [-0.25, -0.2) is 0 Å². The summed E-state index contributed by atoms with van der Waals surface area (Å²) in [5.41, 5.74) is 2.96. The zero-order chi connectivity index (χ0) is 9.97. The Hall–Kier alpha value is -0.720. The highest BCUT2D eigenvalue weighted by Gasteiger charge is 2.20. The minimum Gasteiger partial charge on any atom is -0.382 e. The number of hydrogen-bond acceptors (Lipinski definition) is 1. The van der Waals surface area contributed by atoms with E-state index in [2.05, 4.69) is 31.3 Å². The highest BCUT2D eigenvalue weighted by atomic mass is 14.9. The molecule has 0 aromatic carbocycles. The first-order valence-corrected chi connectivity index (χ1v) is 5.94. The van der Waals surface area contributed by atoms with Gasteiger partial charge in [-0.3, -0.25) is 0 Å². The van der Waals surface area contributed by atoms with Gasteiger partial charge in [0.05, 0.1) is 0 Å². The van der Waals surface area contributed by atoms with Gasteiger partial charge in [0, 0.05) is 11.7 Å². The minimum absolute atomic E-state index is 0.661. The maximum atomic E-state index is 3.68. The molecular formula is C13H21N. The molecule has 2 rings (SSSR count). The molecule has 0 spiro atoms. The summed E-state index contributed by atoms with van der Waals surface area (Å²) in [6, 6.07) is 0.765. The second-order valence-electron chi connectivity index (χ2n) is 4.78. The summed E-state index contributed by atoms with van der Waals surface area (Å²) in [5, 5.41) is 3.68. The average Bonchev–Trinajstić information content (AvgIpc) is 2.12. The van der Waals surface area contributed by atoms with Crippen LogP contribution in [-0.2, 0) is 0 Å². The molecule has 1 N–H and O–H groups in total.